The molecule has 7 heteroatoms. The van der Waals surface area contributed by atoms with Crippen molar-refractivity contribution >= 4 is 29.4 Å². The molecule has 25 heavy (non-hydrogen) atoms. The summed E-state index contributed by atoms with van der Waals surface area (Å²) in [4.78, 5) is 19.9. The van der Waals surface area contributed by atoms with Crippen LogP contribution >= 0.6 is 12.4 Å². The van der Waals surface area contributed by atoms with Gasteiger partial charge in [0.25, 0.3) is 11.6 Å². The highest BCUT2D eigenvalue weighted by Gasteiger charge is 2.31. The molecule has 2 aliphatic rings. The zero-order valence-corrected chi connectivity index (χ0v) is 15.6. The number of carbonyl (C=O) groups is 1. The molecule has 1 saturated heterocycles. The van der Waals surface area contributed by atoms with Crippen LogP contribution in [0.15, 0.2) is 10.6 Å². The summed E-state index contributed by atoms with van der Waals surface area (Å²) >= 11 is 0. The van der Waals surface area contributed by atoms with Crippen molar-refractivity contribution in [3.8, 4) is 0 Å². The molecule has 1 aliphatic heterocycles. The highest BCUT2D eigenvalue weighted by atomic mass is 35.5. The van der Waals surface area contributed by atoms with E-state index in [0.29, 0.717) is 11.6 Å². The predicted octanol–water partition coefficient (Wildman–Crippen LogP) is 2.91. The highest BCUT2D eigenvalue weighted by molar-refractivity contribution is 6.06. The van der Waals surface area contributed by atoms with E-state index in [4.69, 9.17) is 4.52 Å². The standard InChI is InChI=1S/C18H24N4O2.ClH/c1-3-4-14-16-13(18(23)22-8-7-19-10-11(22)2)9-15(12-5-6-12)20-17(16)24-21-14;/h9,11-12,19H,3-8,10H2,1-2H3;1H/t11-;/m0./s1. The summed E-state index contributed by atoms with van der Waals surface area (Å²) in [5, 5.41) is 8.35. The zero-order chi connectivity index (χ0) is 16.7. The first kappa shape index (κ1) is 18.1. The van der Waals surface area contributed by atoms with Crippen LogP contribution in [-0.2, 0) is 6.42 Å². The quantitative estimate of drug-likeness (QED) is 0.903. The summed E-state index contributed by atoms with van der Waals surface area (Å²) in [5.74, 6) is 0.556. The molecule has 1 saturated carbocycles. The lowest BCUT2D eigenvalue weighted by atomic mass is 10.0. The van der Waals surface area contributed by atoms with Gasteiger partial charge in [-0.2, -0.15) is 0 Å². The average Bonchev–Trinajstić information content (AvgIpc) is 3.37. The van der Waals surface area contributed by atoms with E-state index < -0.39 is 0 Å². The number of nitrogens with zero attached hydrogens (tertiary/aromatic N) is 3. The molecule has 1 aliphatic carbocycles. The Morgan fingerprint density at radius 2 is 2.24 bits per heavy atom. The lowest BCUT2D eigenvalue weighted by Gasteiger charge is -2.34. The van der Waals surface area contributed by atoms with Crippen molar-refractivity contribution < 1.29 is 9.32 Å². The van der Waals surface area contributed by atoms with Crippen molar-refractivity contribution in [1.29, 1.82) is 0 Å². The van der Waals surface area contributed by atoms with Crippen molar-refractivity contribution in [2.24, 2.45) is 0 Å². The van der Waals surface area contributed by atoms with E-state index >= 15 is 0 Å². The molecule has 1 N–H and O–H groups in total. The summed E-state index contributed by atoms with van der Waals surface area (Å²) < 4.78 is 5.48. The molecule has 1 atom stereocenters. The van der Waals surface area contributed by atoms with Gasteiger partial charge in [0.05, 0.1) is 16.6 Å². The molecule has 0 aromatic carbocycles. The van der Waals surface area contributed by atoms with Crippen LogP contribution in [0.1, 0.15) is 60.8 Å². The van der Waals surface area contributed by atoms with Gasteiger partial charge in [-0.3, -0.25) is 4.79 Å². The number of nitrogens with one attached hydrogen (secondary N) is 1. The molecule has 0 radical (unpaired) electrons. The molecule has 3 heterocycles. The second-order valence-electron chi connectivity index (χ2n) is 6.98. The number of piperazine rings is 1. The fourth-order valence-electron chi connectivity index (χ4n) is 3.49. The van der Waals surface area contributed by atoms with Gasteiger partial charge in [-0.15, -0.1) is 12.4 Å². The lowest BCUT2D eigenvalue weighted by Crippen LogP contribution is -2.52. The minimum absolute atomic E-state index is 0. The summed E-state index contributed by atoms with van der Waals surface area (Å²) in [7, 11) is 0. The first-order valence-corrected chi connectivity index (χ1v) is 9.00. The molecule has 136 valence electrons. The Balaban J connectivity index is 0.00000182. The number of aromatic nitrogens is 2. The maximum absolute atomic E-state index is 13.3. The third-order valence-corrected chi connectivity index (χ3v) is 5.01. The van der Waals surface area contributed by atoms with E-state index in [0.717, 1.165) is 67.7 Å². The smallest absolute Gasteiger partial charge is 0.259 e. The largest absolute Gasteiger partial charge is 0.336 e. The van der Waals surface area contributed by atoms with E-state index in [-0.39, 0.29) is 24.4 Å². The Kier molecular flexibility index (Phi) is 5.29. The minimum atomic E-state index is 0. The van der Waals surface area contributed by atoms with Crippen LogP contribution in [0, 0.1) is 0 Å². The van der Waals surface area contributed by atoms with Crippen LogP contribution in [0.4, 0.5) is 0 Å². The van der Waals surface area contributed by atoms with Gasteiger partial charge in [-0.05, 0) is 32.3 Å². The number of aryl methyl sites for hydroxylation is 1. The van der Waals surface area contributed by atoms with Gasteiger partial charge in [0.15, 0.2) is 0 Å². The molecule has 0 spiro atoms. The fourth-order valence-corrected chi connectivity index (χ4v) is 3.49. The number of hydrogen-bond acceptors (Lipinski definition) is 5. The van der Waals surface area contributed by atoms with Gasteiger partial charge in [0, 0.05) is 37.3 Å². The van der Waals surface area contributed by atoms with Gasteiger partial charge < -0.3 is 14.7 Å². The Hall–Kier alpha value is -1.66. The summed E-state index contributed by atoms with van der Waals surface area (Å²) in [6, 6.07) is 2.18. The third kappa shape index (κ3) is 3.37. The minimum Gasteiger partial charge on any atom is -0.336 e. The fraction of sp³-hybridized carbons (Fsp3) is 0.611. The number of fused-ring (bicyclic) bond motifs is 1. The van der Waals surface area contributed by atoms with E-state index in [9.17, 15) is 4.79 Å². The molecule has 2 aromatic rings. The molecule has 0 unspecified atom stereocenters. The maximum Gasteiger partial charge on any atom is 0.259 e. The van der Waals surface area contributed by atoms with Crippen LogP contribution in [0.2, 0.25) is 0 Å². The van der Waals surface area contributed by atoms with Crippen molar-refractivity contribution in [3.05, 3.63) is 23.0 Å². The Bertz CT molecular complexity index is 772. The first-order valence-electron chi connectivity index (χ1n) is 9.00. The van der Waals surface area contributed by atoms with Crippen LogP contribution in [0.3, 0.4) is 0 Å². The Morgan fingerprint density at radius 1 is 1.44 bits per heavy atom. The Morgan fingerprint density at radius 3 is 2.92 bits per heavy atom. The number of pyridine rings is 1. The molecule has 1 amide bonds. The van der Waals surface area contributed by atoms with Crippen molar-refractivity contribution in [2.45, 2.75) is 51.5 Å². The molecule has 2 fully saturated rings. The molecular formula is C18H25ClN4O2. The molecule has 0 bridgehead atoms. The van der Waals surface area contributed by atoms with Gasteiger partial charge >= 0.3 is 0 Å². The second-order valence-corrected chi connectivity index (χ2v) is 6.98. The number of halogens is 1. The maximum atomic E-state index is 13.3. The molecule has 6 nitrogen and oxygen atoms in total. The molecular weight excluding hydrogens is 340 g/mol. The second kappa shape index (κ2) is 7.30. The van der Waals surface area contributed by atoms with E-state index in [1.54, 1.807) is 0 Å². The number of hydrogen-bond donors (Lipinski definition) is 1. The Labute approximate surface area is 153 Å². The van der Waals surface area contributed by atoms with Crippen LogP contribution in [-0.4, -0.2) is 46.6 Å². The average molecular weight is 365 g/mol. The summed E-state index contributed by atoms with van der Waals surface area (Å²) in [6.45, 7) is 6.60. The molecule has 2 aromatic heterocycles. The zero-order valence-electron chi connectivity index (χ0n) is 14.7. The van der Waals surface area contributed by atoms with Gasteiger partial charge in [-0.1, -0.05) is 18.5 Å². The van der Waals surface area contributed by atoms with Gasteiger partial charge in [0.1, 0.15) is 0 Å². The van der Waals surface area contributed by atoms with Gasteiger partial charge in [0.2, 0.25) is 0 Å². The highest BCUT2D eigenvalue weighted by Crippen LogP contribution is 2.40. The van der Waals surface area contributed by atoms with Crippen molar-refractivity contribution in [2.75, 3.05) is 19.6 Å². The third-order valence-electron chi connectivity index (χ3n) is 5.01. The normalized spacial score (nSPS) is 20.6. The first-order chi connectivity index (χ1) is 11.7. The lowest BCUT2D eigenvalue weighted by molar-refractivity contribution is 0.0657. The van der Waals surface area contributed by atoms with E-state index in [2.05, 4.69) is 29.3 Å². The van der Waals surface area contributed by atoms with Crippen LogP contribution in [0.25, 0.3) is 11.1 Å². The predicted molar refractivity (Wildman–Crippen MR) is 98.4 cm³/mol. The molecule has 4 rings (SSSR count). The summed E-state index contributed by atoms with van der Waals surface area (Å²) in [5.41, 5.74) is 3.08. The van der Waals surface area contributed by atoms with Crippen molar-refractivity contribution in [3.63, 3.8) is 0 Å². The summed E-state index contributed by atoms with van der Waals surface area (Å²) in [6.07, 6.45) is 4.05. The van der Waals surface area contributed by atoms with E-state index in [1.807, 2.05) is 11.0 Å². The SMILES string of the molecule is CCCc1noc2nc(C3CC3)cc(C(=O)N3CCNC[C@@H]3C)c12.Cl. The van der Waals surface area contributed by atoms with Crippen LogP contribution < -0.4 is 5.32 Å². The van der Waals surface area contributed by atoms with E-state index in [1.165, 1.54) is 0 Å². The number of carbonyl (C=O) groups excluding carboxylic acids is 1. The van der Waals surface area contributed by atoms with Gasteiger partial charge in [-0.25, -0.2) is 4.98 Å². The number of amides is 1. The monoisotopic (exact) mass is 364 g/mol. The van der Waals surface area contributed by atoms with Crippen LogP contribution in [0.5, 0.6) is 0 Å². The number of rotatable bonds is 4. The topological polar surface area (TPSA) is 71.3 Å². The van der Waals surface area contributed by atoms with Crippen molar-refractivity contribution in [1.82, 2.24) is 20.4 Å².